The number of benzene rings is 1. The van der Waals surface area contributed by atoms with Crippen LogP contribution in [0.4, 0.5) is 5.69 Å². The zero-order valence-corrected chi connectivity index (χ0v) is 15.1. The Morgan fingerprint density at radius 2 is 2.04 bits per heavy atom. The standard InChI is InChI=1S/C16H18Cl2N2O4/c1-4-9-10(17)6-7-12(13(9)18)20-16(3,15(23)24-5-2)8-11(19-20)14(21)22/h6-7H,4-5,8H2,1-3H3,(H,21,22). The fraction of sp³-hybridized carbons (Fsp3) is 0.438. The maximum Gasteiger partial charge on any atom is 0.352 e. The Morgan fingerprint density at radius 1 is 1.38 bits per heavy atom. The van der Waals surface area contributed by atoms with E-state index in [2.05, 4.69) is 5.10 Å². The number of carbonyl (C=O) groups is 2. The highest BCUT2D eigenvalue weighted by Crippen LogP contribution is 2.41. The van der Waals surface area contributed by atoms with Gasteiger partial charge in [-0.2, -0.15) is 5.10 Å². The van der Waals surface area contributed by atoms with E-state index in [0.29, 0.717) is 27.7 Å². The average Bonchev–Trinajstić information content (AvgIpc) is 2.88. The largest absolute Gasteiger partial charge is 0.477 e. The molecule has 8 heteroatoms. The number of esters is 1. The molecular formula is C16H18Cl2N2O4. The third kappa shape index (κ3) is 3.08. The van der Waals surface area contributed by atoms with Crippen LogP contribution < -0.4 is 5.01 Å². The average molecular weight is 373 g/mol. The highest BCUT2D eigenvalue weighted by atomic mass is 35.5. The number of hydrogen-bond acceptors (Lipinski definition) is 5. The SMILES string of the molecule is CCOC(=O)C1(C)CC(C(=O)O)=NN1c1ccc(Cl)c(CC)c1Cl. The summed E-state index contributed by atoms with van der Waals surface area (Å²) < 4.78 is 5.11. The quantitative estimate of drug-likeness (QED) is 0.799. The Hall–Kier alpha value is -1.79. The minimum Gasteiger partial charge on any atom is -0.477 e. The molecule has 1 N–H and O–H groups in total. The lowest BCUT2D eigenvalue weighted by Crippen LogP contribution is -2.48. The van der Waals surface area contributed by atoms with Gasteiger partial charge in [0.25, 0.3) is 0 Å². The predicted octanol–water partition coefficient (Wildman–Crippen LogP) is 3.53. The highest BCUT2D eigenvalue weighted by molar-refractivity contribution is 6.39. The van der Waals surface area contributed by atoms with Crippen LogP contribution in [0.3, 0.4) is 0 Å². The van der Waals surface area contributed by atoms with Gasteiger partial charge in [0, 0.05) is 11.4 Å². The number of carboxylic acids is 1. The molecular weight excluding hydrogens is 355 g/mol. The van der Waals surface area contributed by atoms with Gasteiger partial charge in [0.15, 0.2) is 5.54 Å². The number of carboxylic acid groups (broad SMARTS) is 1. The number of hydrogen-bond donors (Lipinski definition) is 1. The fourth-order valence-electron chi connectivity index (χ4n) is 2.62. The van der Waals surface area contributed by atoms with E-state index < -0.39 is 17.5 Å². The molecule has 1 aliphatic rings. The minimum absolute atomic E-state index is 0.0818. The molecule has 24 heavy (non-hydrogen) atoms. The molecule has 0 amide bonds. The Balaban J connectivity index is 2.59. The highest BCUT2D eigenvalue weighted by Gasteiger charge is 2.49. The van der Waals surface area contributed by atoms with Crippen molar-refractivity contribution in [2.75, 3.05) is 11.6 Å². The van der Waals surface area contributed by atoms with Crippen molar-refractivity contribution in [1.82, 2.24) is 0 Å². The molecule has 0 aliphatic carbocycles. The van der Waals surface area contributed by atoms with E-state index in [4.69, 9.17) is 27.9 Å². The van der Waals surface area contributed by atoms with Gasteiger partial charge in [0.1, 0.15) is 5.71 Å². The third-order valence-electron chi connectivity index (χ3n) is 3.91. The van der Waals surface area contributed by atoms with E-state index in [-0.39, 0.29) is 18.7 Å². The first-order chi connectivity index (χ1) is 11.3. The molecule has 1 heterocycles. The van der Waals surface area contributed by atoms with Crippen LogP contribution in [-0.2, 0) is 20.7 Å². The first-order valence-electron chi connectivity index (χ1n) is 7.51. The molecule has 0 bridgehead atoms. The van der Waals surface area contributed by atoms with Crippen LogP contribution in [0.1, 0.15) is 32.8 Å². The van der Waals surface area contributed by atoms with Gasteiger partial charge in [-0.15, -0.1) is 0 Å². The monoisotopic (exact) mass is 372 g/mol. The van der Waals surface area contributed by atoms with Crippen LogP contribution in [-0.4, -0.2) is 34.9 Å². The van der Waals surface area contributed by atoms with E-state index in [1.165, 1.54) is 5.01 Å². The zero-order valence-electron chi connectivity index (χ0n) is 13.6. The molecule has 1 aliphatic heterocycles. The van der Waals surface area contributed by atoms with Crippen molar-refractivity contribution in [3.63, 3.8) is 0 Å². The zero-order chi connectivity index (χ0) is 18.1. The molecule has 0 spiro atoms. The summed E-state index contributed by atoms with van der Waals surface area (Å²) in [5.41, 5.74) is -0.285. The molecule has 6 nitrogen and oxygen atoms in total. The number of ether oxygens (including phenoxy) is 1. The molecule has 130 valence electrons. The number of aliphatic carboxylic acids is 1. The molecule has 0 saturated carbocycles. The van der Waals surface area contributed by atoms with Gasteiger partial charge in [-0.05, 0) is 38.0 Å². The summed E-state index contributed by atoms with van der Waals surface area (Å²) in [5.74, 6) is -1.75. The third-order valence-corrected chi connectivity index (χ3v) is 4.69. The number of carbonyl (C=O) groups excluding carboxylic acids is 1. The van der Waals surface area contributed by atoms with Crippen LogP contribution in [0.5, 0.6) is 0 Å². The summed E-state index contributed by atoms with van der Waals surface area (Å²) in [6, 6.07) is 3.27. The second-order valence-electron chi connectivity index (χ2n) is 5.55. The Labute approximate surface area is 150 Å². The number of halogens is 2. The summed E-state index contributed by atoms with van der Waals surface area (Å²) in [6.07, 6.45) is 0.506. The molecule has 1 aromatic rings. The number of rotatable bonds is 5. The second-order valence-corrected chi connectivity index (χ2v) is 6.33. The van der Waals surface area contributed by atoms with Crippen LogP contribution in [0.25, 0.3) is 0 Å². The van der Waals surface area contributed by atoms with E-state index in [0.717, 1.165) is 0 Å². The molecule has 1 atom stereocenters. The molecule has 1 unspecified atom stereocenters. The lowest BCUT2D eigenvalue weighted by atomic mass is 9.95. The summed E-state index contributed by atoms with van der Waals surface area (Å²) in [7, 11) is 0. The minimum atomic E-state index is -1.29. The van der Waals surface area contributed by atoms with Gasteiger partial charge in [-0.25, -0.2) is 14.6 Å². The summed E-state index contributed by atoms with van der Waals surface area (Å²) in [5, 5.41) is 15.5. The van der Waals surface area contributed by atoms with E-state index in [9.17, 15) is 14.7 Å². The van der Waals surface area contributed by atoms with Gasteiger partial charge in [-0.1, -0.05) is 30.1 Å². The Morgan fingerprint density at radius 3 is 2.58 bits per heavy atom. The Bertz CT molecular complexity index is 720. The molecule has 0 radical (unpaired) electrons. The summed E-state index contributed by atoms with van der Waals surface area (Å²) in [6.45, 7) is 5.35. The van der Waals surface area contributed by atoms with Gasteiger partial charge in [0.2, 0.25) is 0 Å². The normalized spacial score (nSPS) is 20.0. The van der Waals surface area contributed by atoms with Crippen LogP contribution in [0.15, 0.2) is 17.2 Å². The lowest BCUT2D eigenvalue weighted by molar-refractivity contribution is -0.148. The van der Waals surface area contributed by atoms with Crippen LogP contribution in [0, 0.1) is 0 Å². The molecule has 0 fully saturated rings. The lowest BCUT2D eigenvalue weighted by Gasteiger charge is -2.32. The molecule has 1 aromatic carbocycles. The second kappa shape index (κ2) is 6.99. The topological polar surface area (TPSA) is 79.2 Å². The van der Waals surface area contributed by atoms with Gasteiger partial charge in [-0.3, -0.25) is 0 Å². The first-order valence-corrected chi connectivity index (χ1v) is 8.26. The number of nitrogens with zero attached hydrogens (tertiary/aromatic N) is 2. The van der Waals surface area contributed by atoms with Crippen molar-refractivity contribution < 1.29 is 19.4 Å². The maximum absolute atomic E-state index is 12.5. The van der Waals surface area contributed by atoms with Gasteiger partial charge >= 0.3 is 11.9 Å². The smallest absolute Gasteiger partial charge is 0.352 e. The van der Waals surface area contributed by atoms with Crippen LogP contribution in [0.2, 0.25) is 10.0 Å². The summed E-state index contributed by atoms with van der Waals surface area (Å²) in [4.78, 5) is 23.8. The molecule has 2 rings (SSSR count). The van der Waals surface area contributed by atoms with Crippen molar-refractivity contribution in [3.05, 3.63) is 27.7 Å². The van der Waals surface area contributed by atoms with Crippen molar-refractivity contribution >= 4 is 46.5 Å². The van der Waals surface area contributed by atoms with Gasteiger partial charge in [0.05, 0.1) is 17.3 Å². The van der Waals surface area contributed by atoms with E-state index in [1.54, 1.807) is 26.0 Å². The van der Waals surface area contributed by atoms with Crippen molar-refractivity contribution in [2.24, 2.45) is 5.10 Å². The van der Waals surface area contributed by atoms with Crippen LogP contribution >= 0.6 is 23.2 Å². The van der Waals surface area contributed by atoms with Gasteiger partial charge < -0.3 is 9.84 Å². The van der Waals surface area contributed by atoms with E-state index in [1.807, 2.05) is 6.92 Å². The number of hydrazone groups is 1. The Kier molecular flexibility index (Phi) is 5.40. The fourth-order valence-corrected chi connectivity index (χ4v) is 3.34. The van der Waals surface area contributed by atoms with E-state index >= 15 is 0 Å². The van der Waals surface area contributed by atoms with Crippen molar-refractivity contribution in [1.29, 1.82) is 0 Å². The first kappa shape index (κ1) is 18.5. The molecule has 0 aromatic heterocycles. The molecule has 0 saturated heterocycles. The predicted molar refractivity (Wildman–Crippen MR) is 93.0 cm³/mol. The maximum atomic E-state index is 12.5. The van der Waals surface area contributed by atoms with Crippen molar-refractivity contribution in [2.45, 2.75) is 39.2 Å². The van der Waals surface area contributed by atoms with Crippen molar-refractivity contribution in [3.8, 4) is 0 Å². The summed E-state index contributed by atoms with van der Waals surface area (Å²) >= 11 is 12.6. The number of anilines is 1.